The fourth-order valence-corrected chi connectivity index (χ4v) is 3.47. The quantitative estimate of drug-likeness (QED) is 0.616. The highest BCUT2D eigenvalue weighted by molar-refractivity contribution is 5.67. The number of fused-ring (bicyclic) bond motifs is 1. The zero-order chi connectivity index (χ0) is 22.2. The topological polar surface area (TPSA) is 86.3 Å². The normalized spacial score (nSPS) is 14.3. The third-order valence-corrected chi connectivity index (χ3v) is 4.85. The van der Waals surface area contributed by atoms with E-state index in [2.05, 4.69) is 15.2 Å². The van der Waals surface area contributed by atoms with Gasteiger partial charge in [0.2, 0.25) is 0 Å². The maximum atomic E-state index is 13.0. The van der Waals surface area contributed by atoms with Gasteiger partial charge in [0.25, 0.3) is 5.89 Å². The number of rotatable bonds is 3. The summed E-state index contributed by atoms with van der Waals surface area (Å²) in [5.41, 5.74) is 1.26. The van der Waals surface area contributed by atoms with Crippen LogP contribution < -0.4 is 0 Å². The molecular weight excluding hydrogens is 415 g/mol. The number of hydrogen-bond donors (Lipinski definition) is 0. The molecule has 8 nitrogen and oxygen atoms in total. The van der Waals surface area contributed by atoms with E-state index in [0.29, 0.717) is 42.5 Å². The third-order valence-electron chi connectivity index (χ3n) is 4.85. The monoisotopic (exact) mass is 435 g/mol. The van der Waals surface area contributed by atoms with Gasteiger partial charge in [-0.3, -0.25) is 4.68 Å². The van der Waals surface area contributed by atoms with Gasteiger partial charge in [-0.15, -0.1) is 0 Å². The van der Waals surface area contributed by atoms with Gasteiger partial charge in [0.1, 0.15) is 6.61 Å². The summed E-state index contributed by atoms with van der Waals surface area (Å²) in [7, 11) is 0. The molecule has 1 aromatic carbocycles. The lowest BCUT2D eigenvalue weighted by atomic mass is 10.1. The van der Waals surface area contributed by atoms with Crippen LogP contribution in [-0.4, -0.2) is 37.5 Å². The molecule has 3 heterocycles. The highest BCUT2D eigenvalue weighted by Crippen LogP contribution is 2.31. The summed E-state index contributed by atoms with van der Waals surface area (Å²) >= 11 is 0. The molecule has 1 aliphatic heterocycles. The molecule has 0 bridgehead atoms. The SMILES string of the molecule is Cc1cc(COC(=O)N2CCCn3nc(-c4nc(C)no4)cc3C2)cc(C(F)(F)F)c1. The number of carbonyl (C=O) groups is 1. The second-order valence-electron chi connectivity index (χ2n) is 7.43. The number of benzene rings is 1. The fraction of sp³-hybridized carbons (Fsp3) is 0.400. The number of hydrogen-bond acceptors (Lipinski definition) is 6. The Bertz CT molecular complexity index is 1110. The van der Waals surface area contributed by atoms with Gasteiger partial charge in [0.15, 0.2) is 11.5 Å². The van der Waals surface area contributed by atoms with Crippen LogP contribution in [0.25, 0.3) is 11.6 Å². The summed E-state index contributed by atoms with van der Waals surface area (Å²) in [6.45, 7) is 4.32. The molecular formula is C20H20F3N5O3. The van der Waals surface area contributed by atoms with E-state index in [-0.39, 0.29) is 18.7 Å². The highest BCUT2D eigenvalue weighted by atomic mass is 19.4. The Hall–Kier alpha value is -3.37. The van der Waals surface area contributed by atoms with E-state index in [1.807, 2.05) is 0 Å². The molecule has 0 unspecified atom stereocenters. The number of halogens is 3. The van der Waals surface area contributed by atoms with Gasteiger partial charge in [-0.25, -0.2) is 4.79 Å². The van der Waals surface area contributed by atoms with Crippen LogP contribution in [0.4, 0.5) is 18.0 Å². The Morgan fingerprint density at radius 2 is 2.00 bits per heavy atom. The average Bonchev–Trinajstić information content (AvgIpc) is 3.25. The molecule has 0 atom stereocenters. The minimum Gasteiger partial charge on any atom is -0.445 e. The predicted octanol–water partition coefficient (Wildman–Crippen LogP) is 4.11. The molecule has 31 heavy (non-hydrogen) atoms. The van der Waals surface area contributed by atoms with Crippen LogP contribution in [0.3, 0.4) is 0 Å². The molecule has 1 aliphatic rings. The lowest BCUT2D eigenvalue weighted by Crippen LogP contribution is -2.31. The summed E-state index contributed by atoms with van der Waals surface area (Å²) in [6, 6.07) is 5.40. The van der Waals surface area contributed by atoms with Crippen molar-refractivity contribution in [3.05, 3.63) is 52.5 Å². The van der Waals surface area contributed by atoms with Crippen molar-refractivity contribution in [2.45, 2.75) is 46.1 Å². The maximum absolute atomic E-state index is 13.0. The van der Waals surface area contributed by atoms with Gasteiger partial charge in [-0.1, -0.05) is 16.8 Å². The van der Waals surface area contributed by atoms with E-state index in [0.717, 1.165) is 17.8 Å². The van der Waals surface area contributed by atoms with Crippen LogP contribution in [0.15, 0.2) is 28.8 Å². The number of nitrogens with zero attached hydrogens (tertiary/aromatic N) is 5. The number of amides is 1. The van der Waals surface area contributed by atoms with E-state index in [1.165, 1.54) is 4.90 Å². The molecule has 0 spiro atoms. The third kappa shape index (κ3) is 4.70. The largest absolute Gasteiger partial charge is 0.445 e. The zero-order valence-electron chi connectivity index (χ0n) is 16.9. The minimum atomic E-state index is -4.46. The smallest absolute Gasteiger partial charge is 0.416 e. The fourth-order valence-electron chi connectivity index (χ4n) is 3.47. The van der Waals surface area contributed by atoms with Crippen LogP contribution in [0.5, 0.6) is 0 Å². The molecule has 11 heteroatoms. The van der Waals surface area contributed by atoms with Crippen LogP contribution >= 0.6 is 0 Å². The van der Waals surface area contributed by atoms with Gasteiger partial charge in [-0.2, -0.15) is 23.3 Å². The van der Waals surface area contributed by atoms with Crippen molar-refractivity contribution in [2.75, 3.05) is 6.54 Å². The molecule has 1 amide bonds. The van der Waals surface area contributed by atoms with Crippen molar-refractivity contribution in [3.8, 4) is 11.6 Å². The Labute approximate surface area is 175 Å². The van der Waals surface area contributed by atoms with Gasteiger partial charge >= 0.3 is 12.3 Å². The van der Waals surface area contributed by atoms with Gasteiger partial charge in [0, 0.05) is 13.1 Å². The molecule has 0 aliphatic carbocycles. The first-order chi connectivity index (χ1) is 14.7. The summed E-state index contributed by atoms with van der Waals surface area (Å²) in [4.78, 5) is 18.3. The summed E-state index contributed by atoms with van der Waals surface area (Å²) < 4.78 is 51.3. The van der Waals surface area contributed by atoms with E-state index < -0.39 is 17.8 Å². The van der Waals surface area contributed by atoms with Gasteiger partial charge in [-0.05, 0) is 44.0 Å². The standard InChI is InChI=1S/C20H20F3N5O3/c1-12-6-14(8-15(7-12)20(21,22)23)11-30-19(29)27-4-3-5-28-16(10-27)9-17(25-28)18-24-13(2)26-31-18/h6-9H,3-5,10-11H2,1-2H3. The van der Waals surface area contributed by atoms with Crippen LogP contribution in [0.2, 0.25) is 0 Å². The molecule has 2 aromatic heterocycles. The predicted molar refractivity (Wildman–Crippen MR) is 102 cm³/mol. The summed E-state index contributed by atoms with van der Waals surface area (Å²) in [5, 5.41) is 8.21. The van der Waals surface area contributed by atoms with Crippen molar-refractivity contribution < 1.29 is 27.2 Å². The molecule has 0 fully saturated rings. The lowest BCUT2D eigenvalue weighted by molar-refractivity contribution is -0.137. The van der Waals surface area contributed by atoms with Gasteiger partial charge in [0.05, 0.1) is 17.8 Å². The van der Waals surface area contributed by atoms with E-state index in [9.17, 15) is 18.0 Å². The molecule has 4 rings (SSSR count). The van der Waals surface area contributed by atoms with E-state index in [4.69, 9.17) is 9.26 Å². The highest BCUT2D eigenvalue weighted by Gasteiger charge is 2.31. The number of ether oxygens (including phenoxy) is 1. The molecule has 164 valence electrons. The first-order valence-electron chi connectivity index (χ1n) is 9.66. The number of aromatic nitrogens is 4. The molecule has 0 saturated carbocycles. The van der Waals surface area contributed by atoms with Crippen molar-refractivity contribution in [2.24, 2.45) is 0 Å². The van der Waals surface area contributed by atoms with Crippen molar-refractivity contribution in [1.29, 1.82) is 0 Å². The average molecular weight is 435 g/mol. The number of aryl methyl sites for hydroxylation is 3. The lowest BCUT2D eigenvalue weighted by Gasteiger charge is -2.20. The Kier molecular flexibility index (Phi) is 5.42. The zero-order valence-corrected chi connectivity index (χ0v) is 16.9. The van der Waals surface area contributed by atoms with Crippen molar-refractivity contribution in [1.82, 2.24) is 24.8 Å². The molecule has 3 aromatic rings. The minimum absolute atomic E-state index is 0.244. The molecule has 0 saturated heterocycles. The Morgan fingerprint density at radius 3 is 2.71 bits per heavy atom. The summed E-state index contributed by atoms with van der Waals surface area (Å²) in [6.07, 6.45) is -4.41. The van der Waals surface area contributed by atoms with Crippen LogP contribution in [-0.2, 0) is 30.6 Å². The number of alkyl halides is 3. The summed E-state index contributed by atoms with van der Waals surface area (Å²) in [5.74, 6) is 0.792. The molecule has 0 radical (unpaired) electrons. The van der Waals surface area contributed by atoms with Crippen molar-refractivity contribution >= 4 is 6.09 Å². The second-order valence-corrected chi connectivity index (χ2v) is 7.43. The first-order valence-corrected chi connectivity index (χ1v) is 9.66. The Balaban J connectivity index is 1.44. The van der Waals surface area contributed by atoms with Gasteiger partial charge < -0.3 is 14.2 Å². The van der Waals surface area contributed by atoms with E-state index in [1.54, 1.807) is 30.7 Å². The Morgan fingerprint density at radius 1 is 1.19 bits per heavy atom. The molecule has 0 N–H and O–H groups in total. The van der Waals surface area contributed by atoms with E-state index >= 15 is 0 Å². The van der Waals surface area contributed by atoms with Crippen molar-refractivity contribution in [3.63, 3.8) is 0 Å². The van der Waals surface area contributed by atoms with Crippen LogP contribution in [0, 0.1) is 13.8 Å². The number of carbonyl (C=O) groups excluding carboxylic acids is 1. The maximum Gasteiger partial charge on any atom is 0.416 e. The van der Waals surface area contributed by atoms with Crippen LogP contribution in [0.1, 0.15) is 34.6 Å². The second kappa shape index (κ2) is 8.05. The first kappa shape index (κ1) is 20.9.